The number of H-pyrrole nitrogens is 2. The maximum Gasteiger partial charge on any atom is 0.116 e. The lowest BCUT2D eigenvalue weighted by Crippen LogP contribution is -2.02. The lowest BCUT2D eigenvalue weighted by molar-refractivity contribution is -0.106. The molecule has 0 atom stereocenters. The van der Waals surface area contributed by atoms with E-state index in [1.807, 2.05) is 6.20 Å². The summed E-state index contributed by atoms with van der Waals surface area (Å²) in [6.45, 7) is 2.12. The number of aldehydes is 1. The Morgan fingerprint density at radius 3 is 2.50 bits per heavy atom. The van der Waals surface area contributed by atoms with Crippen molar-refractivity contribution >= 4 is 6.29 Å². The Bertz CT molecular complexity index is 300. The van der Waals surface area contributed by atoms with Gasteiger partial charge in [0.25, 0.3) is 0 Å². The average molecular weight is 223 g/mol. The van der Waals surface area contributed by atoms with Crippen LogP contribution in [-0.4, -0.2) is 32.8 Å². The summed E-state index contributed by atoms with van der Waals surface area (Å²) in [6.07, 6.45) is 10.2. The molecule has 0 aliphatic heterocycles. The molecule has 4 N–H and O–H groups in total. The van der Waals surface area contributed by atoms with Crippen molar-refractivity contribution in [3.8, 4) is 0 Å². The van der Waals surface area contributed by atoms with E-state index >= 15 is 0 Å². The minimum atomic E-state index is 0.671. The first-order chi connectivity index (χ1) is 7.85. The zero-order chi connectivity index (χ0) is 12.1. The fourth-order valence-electron chi connectivity index (χ4n) is 0.791. The first kappa shape index (κ1) is 14.1. The van der Waals surface area contributed by atoms with E-state index in [0.29, 0.717) is 6.54 Å². The molecule has 0 saturated carbocycles. The predicted molar refractivity (Wildman–Crippen MR) is 61.7 cm³/mol. The minimum absolute atomic E-state index is 0.671. The summed E-state index contributed by atoms with van der Waals surface area (Å²) < 4.78 is 0. The lowest BCUT2D eigenvalue weighted by atomic mass is 10.3. The topological polar surface area (TPSA) is 100 Å². The molecule has 16 heavy (non-hydrogen) atoms. The summed E-state index contributed by atoms with van der Waals surface area (Å²) in [7, 11) is 0. The van der Waals surface area contributed by atoms with Crippen molar-refractivity contribution in [1.82, 2.24) is 19.9 Å². The Morgan fingerprint density at radius 2 is 2.19 bits per heavy atom. The van der Waals surface area contributed by atoms with Gasteiger partial charge in [0.15, 0.2) is 0 Å². The Labute approximate surface area is 94.3 Å². The van der Waals surface area contributed by atoms with Gasteiger partial charge in [-0.1, -0.05) is 0 Å². The number of hydrogen-bond acceptors (Lipinski definition) is 4. The Hall–Kier alpha value is -1.95. The monoisotopic (exact) mass is 223 g/mol. The molecule has 0 fully saturated rings. The largest absolute Gasteiger partial charge is 0.351 e. The Balaban J connectivity index is 0.000000241. The summed E-state index contributed by atoms with van der Waals surface area (Å²) in [5, 5.41) is 0. The van der Waals surface area contributed by atoms with Gasteiger partial charge in [0.1, 0.15) is 6.29 Å². The van der Waals surface area contributed by atoms with Crippen molar-refractivity contribution in [2.24, 2.45) is 5.73 Å². The fraction of sp³-hybridized carbons (Fsp3) is 0.300. The van der Waals surface area contributed by atoms with Crippen LogP contribution in [0.25, 0.3) is 0 Å². The SMILES string of the molecule is CC=O.NCCc1c[nH]cn1.c1c[nH]cn1. The van der Waals surface area contributed by atoms with Crippen molar-refractivity contribution in [1.29, 1.82) is 0 Å². The third-order valence-electron chi connectivity index (χ3n) is 1.36. The molecule has 0 aliphatic rings. The van der Waals surface area contributed by atoms with Crippen LogP contribution in [0.15, 0.2) is 31.2 Å². The summed E-state index contributed by atoms with van der Waals surface area (Å²) >= 11 is 0. The number of rotatable bonds is 2. The van der Waals surface area contributed by atoms with Crippen LogP contribution in [0, 0.1) is 0 Å². The molecule has 0 saturated heterocycles. The highest BCUT2D eigenvalue weighted by Gasteiger charge is 1.87. The number of carbonyl (C=O) groups is 1. The standard InChI is InChI=1S/C5H9N3.C3H4N2.C2H4O/c6-2-1-5-3-7-4-8-5;1-2-5-3-4-1;1-2-3/h3-4H,1-2,6H2,(H,7,8);1-3H,(H,4,5);2H,1H3. The third-order valence-corrected chi connectivity index (χ3v) is 1.36. The van der Waals surface area contributed by atoms with Gasteiger partial charge in [0, 0.05) is 25.0 Å². The van der Waals surface area contributed by atoms with Crippen LogP contribution in [0.4, 0.5) is 0 Å². The maximum absolute atomic E-state index is 8.81. The van der Waals surface area contributed by atoms with Gasteiger partial charge in [0.2, 0.25) is 0 Å². The minimum Gasteiger partial charge on any atom is -0.351 e. The number of nitrogens with one attached hydrogen (secondary N) is 2. The van der Waals surface area contributed by atoms with Gasteiger partial charge in [-0.3, -0.25) is 0 Å². The third kappa shape index (κ3) is 8.64. The van der Waals surface area contributed by atoms with Gasteiger partial charge in [-0.05, 0) is 13.5 Å². The molecule has 88 valence electrons. The zero-order valence-corrected chi connectivity index (χ0v) is 9.26. The van der Waals surface area contributed by atoms with Gasteiger partial charge in [-0.25, -0.2) is 9.97 Å². The van der Waals surface area contributed by atoms with E-state index in [-0.39, 0.29) is 0 Å². The first-order valence-corrected chi connectivity index (χ1v) is 4.85. The Kier molecular flexibility index (Phi) is 9.77. The molecular formula is C10H17N5O. The van der Waals surface area contributed by atoms with Gasteiger partial charge in [-0.2, -0.15) is 0 Å². The second-order valence-corrected chi connectivity index (χ2v) is 2.60. The summed E-state index contributed by atoms with van der Waals surface area (Å²) in [6, 6.07) is 0. The molecule has 2 aromatic heterocycles. The second kappa shape index (κ2) is 11.1. The zero-order valence-electron chi connectivity index (χ0n) is 9.26. The first-order valence-electron chi connectivity index (χ1n) is 4.85. The number of nitrogens with two attached hydrogens (primary N) is 1. The van der Waals surface area contributed by atoms with E-state index in [0.717, 1.165) is 18.4 Å². The van der Waals surface area contributed by atoms with Gasteiger partial charge < -0.3 is 20.5 Å². The molecule has 0 amide bonds. The number of imidazole rings is 2. The molecule has 0 radical (unpaired) electrons. The molecule has 2 aromatic rings. The van der Waals surface area contributed by atoms with E-state index in [4.69, 9.17) is 10.5 Å². The van der Waals surface area contributed by atoms with Gasteiger partial charge in [0.05, 0.1) is 18.3 Å². The van der Waals surface area contributed by atoms with Crippen LogP contribution < -0.4 is 5.73 Å². The van der Waals surface area contributed by atoms with Crippen LogP contribution in [-0.2, 0) is 11.2 Å². The molecular weight excluding hydrogens is 206 g/mol. The van der Waals surface area contributed by atoms with Crippen LogP contribution in [0.3, 0.4) is 0 Å². The molecule has 0 aromatic carbocycles. The van der Waals surface area contributed by atoms with Crippen LogP contribution in [0.2, 0.25) is 0 Å². The van der Waals surface area contributed by atoms with E-state index in [9.17, 15) is 0 Å². The molecule has 2 rings (SSSR count). The quantitative estimate of drug-likeness (QED) is 0.646. The Morgan fingerprint density at radius 1 is 1.44 bits per heavy atom. The number of nitrogens with zero attached hydrogens (tertiary/aromatic N) is 2. The van der Waals surface area contributed by atoms with E-state index in [1.165, 1.54) is 6.92 Å². The van der Waals surface area contributed by atoms with Crippen LogP contribution in [0.5, 0.6) is 0 Å². The molecule has 6 heteroatoms. The number of aromatic amines is 2. The number of aromatic nitrogens is 4. The second-order valence-electron chi connectivity index (χ2n) is 2.60. The maximum atomic E-state index is 8.81. The highest BCUT2D eigenvalue weighted by molar-refractivity contribution is 5.44. The summed E-state index contributed by atoms with van der Waals surface area (Å²) in [5.41, 5.74) is 6.30. The van der Waals surface area contributed by atoms with E-state index < -0.39 is 0 Å². The van der Waals surface area contributed by atoms with Crippen LogP contribution >= 0.6 is 0 Å². The van der Waals surface area contributed by atoms with Crippen molar-refractivity contribution in [3.63, 3.8) is 0 Å². The van der Waals surface area contributed by atoms with Gasteiger partial charge in [-0.15, -0.1) is 0 Å². The molecule has 2 heterocycles. The number of hydrogen-bond donors (Lipinski definition) is 3. The van der Waals surface area contributed by atoms with Crippen molar-refractivity contribution in [3.05, 3.63) is 36.9 Å². The van der Waals surface area contributed by atoms with Crippen molar-refractivity contribution < 1.29 is 4.79 Å². The van der Waals surface area contributed by atoms with Crippen molar-refractivity contribution in [2.45, 2.75) is 13.3 Å². The highest BCUT2D eigenvalue weighted by Crippen LogP contribution is 1.88. The normalized spacial score (nSPS) is 8.12. The summed E-state index contributed by atoms with van der Waals surface area (Å²) in [4.78, 5) is 22.0. The lowest BCUT2D eigenvalue weighted by Gasteiger charge is -1.85. The summed E-state index contributed by atoms with van der Waals surface area (Å²) in [5.74, 6) is 0. The van der Waals surface area contributed by atoms with E-state index in [2.05, 4.69) is 19.9 Å². The molecule has 0 unspecified atom stereocenters. The van der Waals surface area contributed by atoms with Gasteiger partial charge >= 0.3 is 0 Å². The highest BCUT2D eigenvalue weighted by atomic mass is 16.1. The van der Waals surface area contributed by atoms with Crippen LogP contribution in [0.1, 0.15) is 12.6 Å². The molecule has 0 aliphatic carbocycles. The molecule has 6 nitrogen and oxygen atoms in total. The smallest absolute Gasteiger partial charge is 0.116 e. The number of carbonyl (C=O) groups excluding carboxylic acids is 1. The average Bonchev–Trinajstić information content (AvgIpc) is 2.95. The fourth-order valence-corrected chi connectivity index (χ4v) is 0.791. The molecule has 0 spiro atoms. The molecule has 0 bridgehead atoms. The van der Waals surface area contributed by atoms with Crippen molar-refractivity contribution in [2.75, 3.05) is 6.54 Å². The predicted octanol–water partition coefficient (Wildman–Crippen LogP) is 0.526. The van der Waals surface area contributed by atoms with E-state index in [1.54, 1.807) is 25.0 Å².